The molecule has 0 aliphatic rings. The highest BCUT2D eigenvalue weighted by Gasteiger charge is 2.11. The maximum Gasteiger partial charge on any atom is 0.167 e. The maximum absolute atomic E-state index is 12.2. The van der Waals surface area contributed by atoms with Crippen LogP contribution in [-0.2, 0) is 6.42 Å². The highest BCUT2D eigenvalue weighted by atomic mass is 16.3. The van der Waals surface area contributed by atoms with Crippen LogP contribution in [0.2, 0.25) is 0 Å². The van der Waals surface area contributed by atoms with Gasteiger partial charge in [-0.05, 0) is 19.1 Å². The van der Waals surface area contributed by atoms with Crippen LogP contribution in [0.15, 0.2) is 59.2 Å². The fourth-order valence-electron chi connectivity index (χ4n) is 2.23. The summed E-state index contributed by atoms with van der Waals surface area (Å²) in [5.41, 5.74) is 3.70. The Balaban J connectivity index is 1.94. The second-order valence-corrected chi connectivity index (χ2v) is 4.73. The average molecular weight is 250 g/mol. The van der Waals surface area contributed by atoms with Gasteiger partial charge in [0, 0.05) is 22.9 Å². The third-order valence-corrected chi connectivity index (χ3v) is 3.26. The van der Waals surface area contributed by atoms with E-state index in [1.54, 1.807) is 6.26 Å². The molecule has 2 aromatic carbocycles. The predicted molar refractivity (Wildman–Crippen MR) is 75.4 cm³/mol. The minimum absolute atomic E-state index is 0.116. The summed E-state index contributed by atoms with van der Waals surface area (Å²) in [5, 5.41) is 1.03. The average Bonchev–Trinajstić information content (AvgIpc) is 2.82. The van der Waals surface area contributed by atoms with Gasteiger partial charge in [-0.15, -0.1) is 0 Å². The Morgan fingerprint density at radius 1 is 1.11 bits per heavy atom. The smallest absolute Gasteiger partial charge is 0.167 e. The van der Waals surface area contributed by atoms with Crippen molar-refractivity contribution >= 4 is 16.8 Å². The normalized spacial score (nSPS) is 10.8. The Bertz CT molecular complexity index is 723. The van der Waals surface area contributed by atoms with Gasteiger partial charge in [0.1, 0.15) is 5.58 Å². The summed E-state index contributed by atoms with van der Waals surface area (Å²) in [5.74, 6) is 0.116. The third-order valence-electron chi connectivity index (χ3n) is 3.26. The van der Waals surface area contributed by atoms with E-state index >= 15 is 0 Å². The molecule has 0 aliphatic heterocycles. The topological polar surface area (TPSA) is 30.2 Å². The van der Waals surface area contributed by atoms with Gasteiger partial charge < -0.3 is 4.42 Å². The van der Waals surface area contributed by atoms with Gasteiger partial charge in [0.2, 0.25) is 0 Å². The van der Waals surface area contributed by atoms with E-state index in [-0.39, 0.29) is 5.78 Å². The summed E-state index contributed by atoms with van der Waals surface area (Å²) in [4.78, 5) is 12.2. The van der Waals surface area contributed by atoms with Gasteiger partial charge in [0.15, 0.2) is 5.78 Å². The van der Waals surface area contributed by atoms with Crippen LogP contribution in [0.5, 0.6) is 0 Å². The lowest BCUT2D eigenvalue weighted by Gasteiger charge is -2.00. The Morgan fingerprint density at radius 2 is 1.89 bits per heavy atom. The summed E-state index contributed by atoms with van der Waals surface area (Å²) < 4.78 is 5.49. The lowest BCUT2D eigenvalue weighted by Crippen LogP contribution is -2.02. The Morgan fingerprint density at radius 3 is 2.68 bits per heavy atom. The van der Waals surface area contributed by atoms with Gasteiger partial charge in [-0.3, -0.25) is 4.79 Å². The molecule has 0 fully saturated rings. The Kier molecular flexibility index (Phi) is 2.92. The molecule has 0 amide bonds. The number of Topliss-reactive ketones (excluding diaryl/α,β-unsaturated/α-hetero) is 1. The number of carbonyl (C=O) groups excluding carboxylic acids is 1. The number of hydrogen-bond donors (Lipinski definition) is 0. The number of hydrogen-bond acceptors (Lipinski definition) is 2. The molecule has 1 aromatic heterocycles. The first kappa shape index (κ1) is 11.7. The van der Waals surface area contributed by atoms with E-state index < -0.39 is 0 Å². The number of aryl methyl sites for hydroxylation is 1. The quantitative estimate of drug-likeness (QED) is 0.653. The molecule has 0 bridgehead atoms. The second kappa shape index (κ2) is 4.73. The lowest BCUT2D eigenvalue weighted by molar-refractivity contribution is 0.0993. The molecule has 0 atom stereocenters. The highest BCUT2D eigenvalue weighted by molar-refractivity contribution is 5.99. The van der Waals surface area contributed by atoms with E-state index in [1.165, 1.54) is 5.56 Å². The molecule has 2 nitrogen and oxygen atoms in total. The molecule has 2 heteroatoms. The van der Waals surface area contributed by atoms with E-state index in [9.17, 15) is 4.79 Å². The molecule has 0 N–H and O–H groups in total. The van der Waals surface area contributed by atoms with Gasteiger partial charge in [0.05, 0.1) is 6.26 Å². The molecular weight excluding hydrogens is 236 g/mol. The van der Waals surface area contributed by atoms with Gasteiger partial charge in [-0.2, -0.15) is 0 Å². The molecule has 19 heavy (non-hydrogen) atoms. The third kappa shape index (κ3) is 2.29. The molecule has 3 rings (SSSR count). The van der Waals surface area contributed by atoms with Crippen LogP contribution in [-0.4, -0.2) is 5.78 Å². The zero-order valence-corrected chi connectivity index (χ0v) is 10.7. The highest BCUT2D eigenvalue weighted by Crippen LogP contribution is 2.23. The van der Waals surface area contributed by atoms with E-state index in [4.69, 9.17) is 4.42 Å². The fourth-order valence-corrected chi connectivity index (χ4v) is 2.23. The van der Waals surface area contributed by atoms with E-state index in [1.807, 2.05) is 49.4 Å². The maximum atomic E-state index is 12.2. The van der Waals surface area contributed by atoms with E-state index in [0.29, 0.717) is 6.42 Å². The van der Waals surface area contributed by atoms with Crippen LogP contribution in [0.4, 0.5) is 0 Å². The van der Waals surface area contributed by atoms with Crippen LogP contribution in [0.25, 0.3) is 11.0 Å². The summed E-state index contributed by atoms with van der Waals surface area (Å²) in [7, 11) is 0. The van der Waals surface area contributed by atoms with Crippen LogP contribution in [0.1, 0.15) is 21.5 Å². The van der Waals surface area contributed by atoms with Crippen LogP contribution < -0.4 is 0 Å². The van der Waals surface area contributed by atoms with E-state index in [0.717, 1.165) is 22.1 Å². The molecule has 0 radical (unpaired) electrons. The van der Waals surface area contributed by atoms with Crippen molar-refractivity contribution in [2.45, 2.75) is 13.3 Å². The predicted octanol–water partition coefficient (Wildman–Crippen LogP) is 4.17. The van der Waals surface area contributed by atoms with Gasteiger partial charge >= 0.3 is 0 Å². The van der Waals surface area contributed by atoms with Crippen molar-refractivity contribution in [3.05, 3.63) is 71.5 Å². The monoisotopic (exact) mass is 250 g/mol. The summed E-state index contributed by atoms with van der Waals surface area (Å²) in [6.07, 6.45) is 2.06. The molecule has 94 valence electrons. The van der Waals surface area contributed by atoms with Crippen molar-refractivity contribution in [2.75, 3.05) is 0 Å². The molecule has 0 saturated heterocycles. The first-order valence-corrected chi connectivity index (χ1v) is 6.29. The summed E-state index contributed by atoms with van der Waals surface area (Å²) in [6.45, 7) is 2.04. The van der Waals surface area contributed by atoms with E-state index in [2.05, 4.69) is 6.07 Å². The molecule has 0 unspecified atom stereocenters. The largest absolute Gasteiger partial charge is 0.464 e. The number of furan rings is 1. The van der Waals surface area contributed by atoms with Gasteiger partial charge in [-0.25, -0.2) is 0 Å². The SMILES string of the molecule is Cc1ccc2occ(CC(=O)c3ccccc3)c2c1. The molecule has 0 spiro atoms. The van der Waals surface area contributed by atoms with Crippen molar-refractivity contribution < 1.29 is 9.21 Å². The molecular formula is C17H14O2. The fraction of sp³-hybridized carbons (Fsp3) is 0.118. The minimum Gasteiger partial charge on any atom is -0.464 e. The molecule has 1 heterocycles. The van der Waals surface area contributed by atoms with Gasteiger partial charge in [-0.1, -0.05) is 42.0 Å². The van der Waals surface area contributed by atoms with Crippen molar-refractivity contribution in [3.63, 3.8) is 0 Å². The first-order valence-electron chi connectivity index (χ1n) is 6.29. The molecule has 3 aromatic rings. The first-order chi connectivity index (χ1) is 9.24. The second-order valence-electron chi connectivity index (χ2n) is 4.73. The Labute approximate surface area is 111 Å². The van der Waals surface area contributed by atoms with Crippen molar-refractivity contribution in [1.29, 1.82) is 0 Å². The summed E-state index contributed by atoms with van der Waals surface area (Å²) in [6, 6.07) is 15.4. The van der Waals surface area contributed by atoms with Crippen molar-refractivity contribution in [1.82, 2.24) is 0 Å². The van der Waals surface area contributed by atoms with Crippen LogP contribution >= 0.6 is 0 Å². The summed E-state index contributed by atoms with van der Waals surface area (Å²) >= 11 is 0. The Hall–Kier alpha value is -2.35. The number of rotatable bonds is 3. The minimum atomic E-state index is 0.116. The zero-order valence-electron chi connectivity index (χ0n) is 10.7. The zero-order chi connectivity index (χ0) is 13.2. The van der Waals surface area contributed by atoms with Crippen LogP contribution in [0, 0.1) is 6.92 Å². The molecule has 0 aliphatic carbocycles. The molecule has 0 saturated carbocycles. The number of carbonyl (C=O) groups is 1. The van der Waals surface area contributed by atoms with Crippen molar-refractivity contribution in [2.24, 2.45) is 0 Å². The standard InChI is InChI=1S/C17H14O2/c1-12-7-8-17-15(9-12)14(11-19-17)10-16(18)13-5-3-2-4-6-13/h2-9,11H,10H2,1H3. The lowest BCUT2D eigenvalue weighted by atomic mass is 10.0. The number of fused-ring (bicyclic) bond motifs is 1. The van der Waals surface area contributed by atoms with Crippen molar-refractivity contribution in [3.8, 4) is 0 Å². The van der Waals surface area contributed by atoms with Crippen LogP contribution in [0.3, 0.4) is 0 Å². The number of ketones is 1. The number of benzene rings is 2. The van der Waals surface area contributed by atoms with Gasteiger partial charge in [0.25, 0.3) is 0 Å².